The molecule has 0 saturated carbocycles. The summed E-state index contributed by atoms with van der Waals surface area (Å²) in [6.07, 6.45) is 1.48. The predicted octanol–water partition coefficient (Wildman–Crippen LogP) is 4.00. The minimum atomic E-state index is -0.376. The molecule has 1 heterocycles. The van der Waals surface area contributed by atoms with Crippen LogP contribution >= 0.6 is 11.6 Å². The van der Waals surface area contributed by atoms with Crippen molar-refractivity contribution < 1.29 is 4.79 Å². The van der Waals surface area contributed by atoms with Crippen LogP contribution in [0.4, 0.5) is 17.3 Å². The summed E-state index contributed by atoms with van der Waals surface area (Å²) >= 11 is 5.90. The number of carbonyl (C=O) groups excluding carboxylic acids is 1. The van der Waals surface area contributed by atoms with Crippen molar-refractivity contribution in [3.63, 3.8) is 0 Å². The van der Waals surface area contributed by atoms with E-state index in [0.29, 0.717) is 22.0 Å². The van der Waals surface area contributed by atoms with Crippen LogP contribution in [0.25, 0.3) is 0 Å². The number of anilines is 3. The van der Waals surface area contributed by atoms with Crippen LogP contribution in [0, 0.1) is 11.3 Å². The van der Waals surface area contributed by atoms with Crippen molar-refractivity contribution in [3.05, 3.63) is 77.1 Å². The van der Waals surface area contributed by atoms with Gasteiger partial charge in [-0.15, -0.1) is 0 Å². The van der Waals surface area contributed by atoms with Crippen LogP contribution in [0.1, 0.15) is 16.1 Å². The van der Waals surface area contributed by atoms with Gasteiger partial charge in [0.1, 0.15) is 5.69 Å². The highest BCUT2D eigenvalue weighted by Gasteiger charge is 2.10. The van der Waals surface area contributed by atoms with Crippen molar-refractivity contribution >= 4 is 34.8 Å². The Balaban J connectivity index is 1.76. The van der Waals surface area contributed by atoms with Gasteiger partial charge in [-0.25, -0.2) is 9.97 Å². The number of nitrogens with one attached hydrogen (secondary N) is 2. The second-order valence-electron chi connectivity index (χ2n) is 5.05. The van der Waals surface area contributed by atoms with Crippen LogP contribution in [-0.4, -0.2) is 15.9 Å². The molecule has 0 aliphatic rings. The van der Waals surface area contributed by atoms with E-state index in [1.54, 1.807) is 48.5 Å². The lowest BCUT2D eigenvalue weighted by Crippen LogP contribution is -2.14. The molecule has 1 amide bonds. The van der Waals surface area contributed by atoms with Crippen LogP contribution in [-0.2, 0) is 0 Å². The van der Waals surface area contributed by atoms with E-state index in [9.17, 15) is 4.79 Å². The zero-order valence-electron chi connectivity index (χ0n) is 12.9. The summed E-state index contributed by atoms with van der Waals surface area (Å²) in [5.41, 5.74) is 1.95. The first-order valence-electron chi connectivity index (χ1n) is 7.31. The Morgan fingerprint density at radius 3 is 2.68 bits per heavy atom. The summed E-state index contributed by atoms with van der Waals surface area (Å²) in [4.78, 5) is 20.6. The van der Waals surface area contributed by atoms with Gasteiger partial charge in [0.05, 0.1) is 11.6 Å². The van der Waals surface area contributed by atoms with Gasteiger partial charge >= 0.3 is 0 Å². The fourth-order valence-corrected chi connectivity index (χ4v) is 2.29. The summed E-state index contributed by atoms with van der Waals surface area (Å²) in [5.74, 6) is -0.118. The molecule has 122 valence electrons. The number of benzene rings is 2. The highest BCUT2D eigenvalue weighted by atomic mass is 35.5. The van der Waals surface area contributed by atoms with E-state index in [4.69, 9.17) is 16.9 Å². The second kappa shape index (κ2) is 7.43. The molecular formula is C18H12ClN5O. The minimum absolute atomic E-state index is 0.203. The number of aromatic nitrogens is 2. The summed E-state index contributed by atoms with van der Waals surface area (Å²) < 4.78 is 0. The largest absolute Gasteiger partial charge is 0.324 e. The van der Waals surface area contributed by atoms with E-state index >= 15 is 0 Å². The molecule has 0 radical (unpaired) electrons. The highest BCUT2D eigenvalue weighted by Crippen LogP contribution is 2.17. The molecule has 6 nitrogen and oxygen atoms in total. The monoisotopic (exact) mass is 349 g/mol. The van der Waals surface area contributed by atoms with Gasteiger partial charge in [-0.05, 0) is 42.5 Å². The first-order chi connectivity index (χ1) is 12.1. The van der Waals surface area contributed by atoms with Crippen molar-refractivity contribution in [2.24, 2.45) is 0 Å². The fourth-order valence-electron chi connectivity index (χ4n) is 2.10. The molecule has 3 aromatic rings. The molecule has 1 aromatic heterocycles. The molecule has 0 spiro atoms. The van der Waals surface area contributed by atoms with Gasteiger partial charge in [-0.3, -0.25) is 4.79 Å². The van der Waals surface area contributed by atoms with Gasteiger partial charge in [-0.1, -0.05) is 23.7 Å². The van der Waals surface area contributed by atoms with E-state index in [1.165, 1.54) is 12.3 Å². The summed E-state index contributed by atoms with van der Waals surface area (Å²) in [6, 6.07) is 17.3. The topological polar surface area (TPSA) is 90.7 Å². The molecule has 25 heavy (non-hydrogen) atoms. The summed E-state index contributed by atoms with van der Waals surface area (Å²) in [5, 5.41) is 15.2. The predicted molar refractivity (Wildman–Crippen MR) is 95.9 cm³/mol. The summed E-state index contributed by atoms with van der Waals surface area (Å²) in [7, 11) is 0. The van der Waals surface area contributed by atoms with Gasteiger partial charge in [0, 0.05) is 22.6 Å². The lowest BCUT2D eigenvalue weighted by molar-refractivity contribution is 0.102. The average Bonchev–Trinajstić information content (AvgIpc) is 2.62. The van der Waals surface area contributed by atoms with Crippen molar-refractivity contribution in [2.75, 3.05) is 10.6 Å². The van der Waals surface area contributed by atoms with E-state index in [0.717, 1.165) is 0 Å². The van der Waals surface area contributed by atoms with Gasteiger partial charge in [0.25, 0.3) is 5.91 Å². The molecule has 2 aromatic carbocycles. The SMILES string of the molecule is N#Cc1cccc(Nc2nccc(C(=O)Nc3cccc(Cl)c3)n2)c1. The molecule has 0 fully saturated rings. The second-order valence-corrected chi connectivity index (χ2v) is 5.48. The molecule has 7 heteroatoms. The van der Waals surface area contributed by atoms with Gasteiger partial charge < -0.3 is 10.6 Å². The van der Waals surface area contributed by atoms with Crippen molar-refractivity contribution in [2.45, 2.75) is 0 Å². The number of nitrogens with zero attached hydrogens (tertiary/aromatic N) is 3. The van der Waals surface area contributed by atoms with E-state index in [-0.39, 0.29) is 17.5 Å². The van der Waals surface area contributed by atoms with Gasteiger partial charge in [-0.2, -0.15) is 5.26 Å². The normalized spacial score (nSPS) is 9.92. The van der Waals surface area contributed by atoms with Crippen LogP contribution in [0.3, 0.4) is 0 Å². The maximum atomic E-state index is 12.3. The first kappa shape index (κ1) is 16.4. The zero-order valence-corrected chi connectivity index (χ0v) is 13.7. The quantitative estimate of drug-likeness (QED) is 0.743. The molecule has 0 bridgehead atoms. The molecule has 0 unspecified atom stereocenters. The molecule has 0 aliphatic carbocycles. The standard InChI is InChI=1S/C18H12ClN5O/c19-13-4-2-6-15(10-13)22-17(25)16-7-8-21-18(24-16)23-14-5-1-3-12(9-14)11-20/h1-10H,(H,22,25)(H,21,23,24). The van der Waals surface area contributed by atoms with Crippen molar-refractivity contribution in [1.29, 1.82) is 5.26 Å². The Morgan fingerprint density at radius 1 is 1.08 bits per heavy atom. The van der Waals surface area contributed by atoms with Crippen LogP contribution in [0.15, 0.2) is 60.8 Å². The molecule has 3 rings (SSSR count). The maximum absolute atomic E-state index is 12.3. The number of hydrogen-bond donors (Lipinski definition) is 2. The minimum Gasteiger partial charge on any atom is -0.324 e. The smallest absolute Gasteiger partial charge is 0.274 e. The van der Waals surface area contributed by atoms with E-state index in [1.807, 2.05) is 0 Å². The van der Waals surface area contributed by atoms with Crippen LogP contribution in [0.5, 0.6) is 0 Å². The molecular weight excluding hydrogens is 338 g/mol. The Morgan fingerprint density at radius 2 is 1.88 bits per heavy atom. The number of amides is 1. The molecule has 0 aliphatic heterocycles. The fraction of sp³-hybridized carbons (Fsp3) is 0. The van der Waals surface area contributed by atoms with E-state index < -0.39 is 0 Å². The third-order valence-electron chi connectivity index (χ3n) is 3.22. The number of carbonyl (C=O) groups is 1. The average molecular weight is 350 g/mol. The Hall–Kier alpha value is -3.43. The number of hydrogen-bond acceptors (Lipinski definition) is 5. The maximum Gasteiger partial charge on any atom is 0.274 e. The Kier molecular flexibility index (Phi) is 4.88. The Labute approximate surface area is 149 Å². The molecule has 2 N–H and O–H groups in total. The molecule has 0 atom stereocenters. The third kappa shape index (κ3) is 4.31. The van der Waals surface area contributed by atoms with Crippen molar-refractivity contribution in [1.82, 2.24) is 9.97 Å². The number of nitriles is 1. The Bertz CT molecular complexity index is 967. The van der Waals surface area contributed by atoms with Gasteiger partial charge in [0.2, 0.25) is 5.95 Å². The lowest BCUT2D eigenvalue weighted by atomic mass is 10.2. The third-order valence-corrected chi connectivity index (χ3v) is 3.45. The number of halogens is 1. The van der Waals surface area contributed by atoms with Crippen molar-refractivity contribution in [3.8, 4) is 6.07 Å². The first-order valence-corrected chi connectivity index (χ1v) is 7.69. The zero-order chi connectivity index (χ0) is 17.6. The molecule has 0 saturated heterocycles. The number of rotatable bonds is 4. The van der Waals surface area contributed by atoms with Gasteiger partial charge in [0.15, 0.2) is 0 Å². The van der Waals surface area contributed by atoms with Crippen LogP contribution in [0.2, 0.25) is 5.02 Å². The highest BCUT2D eigenvalue weighted by molar-refractivity contribution is 6.30. The lowest BCUT2D eigenvalue weighted by Gasteiger charge is -2.08. The van der Waals surface area contributed by atoms with E-state index in [2.05, 4.69) is 26.7 Å². The van der Waals surface area contributed by atoms with Crippen LogP contribution < -0.4 is 10.6 Å². The summed E-state index contributed by atoms with van der Waals surface area (Å²) in [6.45, 7) is 0.